The van der Waals surface area contributed by atoms with E-state index < -0.39 is 0 Å². The zero-order chi connectivity index (χ0) is 13.0. The predicted molar refractivity (Wildman–Crippen MR) is 71.8 cm³/mol. The predicted octanol–water partition coefficient (Wildman–Crippen LogP) is 2.02. The molecule has 1 fully saturated rings. The second-order valence-corrected chi connectivity index (χ2v) is 4.85. The smallest absolute Gasteiger partial charge is 0.231 e. The molecule has 1 aromatic carbocycles. The van der Waals surface area contributed by atoms with E-state index in [4.69, 9.17) is 4.74 Å². The largest absolute Gasteiger partial charge is 0.497 e. The standard InChI is InChI=1S/C14H20N2O2/c1-15-10-14(8-3-9-14)13(17)16-11-4-6-12(18-2)7-5-11/h4-7,15H,3,8-10H2,1-2H3,(H,16,17). The highest BCUT2D eigenvalue weighted by Gasteiger charge is 2.43. The first-order chi connectivity index (χ1) is 8.70. The number of rotatable bonds is 5. The summed E-state index contributed by atoms with van der Waals surface area (Å²) in [5, 5.41) is 6.10. The minimum Gasteiger partial charge on any atom is -0.497 e. The average molecular weight is 248 g/mol. The molecule has 98 valence electrons. The number of carbonyl (C=O) groups excluding carboxylic acids is 1. The van der Waals surface area contributed by atoms with Crippen LogP contribution in [-0.4, -0.2) is 26.6 Å². The highest BCUT2D eigenvalue weighted by molar-refractivity contribution is 5.96. The van der Waals surface area contributed by atoms with Crippen LogP contribution in [0.25, 0.3) is 0 Å². The van der Waals surface area contributed by atoms with Crippen molar-refractivity contribution in [1.82, 2.24) is 5.32 Å². The summed E-state index contributed by atoms with van der Waals surface area (Å²) in [7, 11) is 3.52. The van der Waals surface area contributed by atoms with Crippen LogP contribution in [0.15, 0.2) is 24.3 Å². The van der Waals surface area contributed by atoms with Crippen molar-refractivity contribution in [3.8, 4) is 5.75 Å². The molecule has 18 heavy (non-hydrogen) atoms. The molecule has 2 N–H and O–H groups in total. The van der Waals surface area contributed by atoms with Crippen LogP contribution in [0.1, 0.15) is 19.3 Å². The van der Waals surface area contributed by atoms with Crippen molar-refractivity contribution in [2.45, 2.75) is 19.3 Å². The van der Waals surface area contributed by atoms with Crippen molar-refractivity contribution >= 4 is 11.6 Å². The number of carbonyl (C=O) groups is 1. The summed E-state index contributed by atoms with van der Waals surface area (Å²) in [5.41, 5.74) is 0.609. The third-order valence-corrected chi connectivity index (χ3v) is 3.66. The van der Waals surface area contributed by atoms with Gasteiger partial charge >= 0.3 is 0 Å². The quantitative estimate of drug-likeness (QED) is 0.838. The molecule has 1 saturated carbocycles. The molecule has 0 heterocycles. The summed E-state index contributed by atoms with van der Waals surface area (Å²) in [4.78, 5) is 12.3. The van der Waals surface area contributed by atoms with Crippen LogP contribution in [0.5, 0.6) is 5.75 Å². The Kier molecular flexibility index (Phi) is 3.87. The van der Waals surface area contributed by atoms with Crippen LogP contribution >= 0.6 is 0 Å². The number of hydrogen-bond acceptors (Lipinski definition) is 3. The number of benzene rings is 1. The number of methoxy groups -OCH3 is 1. The lowest BCUT2D eigenvalue weighted by Crippen LogP contribution is -2.48. The zero-order valence-electron chi connectivity index (χ0n) is 11.0. The van der Waals surface area contributed by atoms with Gasteiger partial charge in [0.05, 0.1) is 12.5 Å². The fraction of sp³-hybridized carbons (Fsp3) is 0.500. The Morgan fingerprint density at radius 1 is 1.33 bits per heavy atom. The van der Waals surface area contributed by atoms with E-state index in [9.17, 15) is 4.79 Å². The average Bonchev–Trinajstić information content (AvgIpc) is 2.34. The first-order valence-electron chi connectivity index (χ1n) is 6.30. The Morgan fingerprint density at radius 3 is 2.44 bits per heavy atom. The lowest BCUT2D eigenvalue weighted by molar-refractivity contribution is -0.129. The van der Waals surface area contributed by atoms with Crippen molar-refractivity contribution in [3.63, 3.8) is 0 Å². The molecule has 0 radical (unpaired) electrons. The lowest BCUT2D eigenvalue weighted by Gasteiger charge is -2.40. The van der Waals surface area contributed by atoms with Gasteiger partial charge in [0.2, 0.25) is 5.91 Å². The third-order valence-electron chi connectivity index (χ3n) is 3.66. The van der Waals surface area contributed by atoms with Gasteiger partial charge in [0, 0.05) is 12.2 Å². The molecule has 1 aliphatic rings. The van der Waals surface area contributed by atoms with Gasteiger partial charge in [-0.05, 0) is 44.2 Å². The van der Waals surface area contributed by atoms with Gasteiger partial charge in [-0.3, -0.25) is 4.79 Å². The molecule has 1 amide bonds. The van der Waals surface area contributed by atoms with Gasteiger partial charge in [0.15, 0.2) is 0 Å². The lowest BCUT2D eigenvalue weighted by atomic mass is 9.68. The van der Waals surface area contributed by atoms with Gasteiger partial charge in [0.25, 0.3) is 0 Å². The maximum Gasteiger partial charge on any atom is 0.231 e. The molecule has 4 nitrogen and oxygen atoms in total. The highest BCUT2D eigenvalue weighted by Crippen LogP contribution is 2.41. The summed E-state index contributed by atoms with van der Waals surface area (Å²) in [6.07, 6.45) is 3.07. The Hall–Kier alpha value is -1.55. The fourth-order valence-corrected chi connectivity index (χ4v) is 2.36. The van der Waals surface area contributed by atoms with Gasteiger partial charge in [-0.25, -0.2) is 0 Å². The molecule has 0 spiro atoms. The number of hydrogen-bond donors (Lipinski definition) is 2. The normalized spacial score (nSPS) is 16.8. The highest BCUT2D eigenvalue weighted by atomic mass is 16.5. The maximum atomic E-state index is 12.3. The van der Waals surface area contributed by atoms with Crippen molar-refractivity contribution < 1.29 is 9.53 Å². The summed E-state index contributed by atoms with van der Waals surface area (Å²) < 4.78 is 5.09. The molecular weight excluding hydrogens is 228 g/mol. The summed E-state index contributed by atoms with van der Waals surface area (Å²) >= 11 is 0. The molecule has 1 aromatic rings. The topological polar surface area (TPSA) is 50.4 Å². The molecule has 1 aliphatic carbocycles. The Bertz CT molecular complexity index is 410. The summed E-state index contributed by atoms with van der Waals surface area (Å²) in [5.74, 6) is 0.912. The van der Waals surface area contributed by atoms with Gasteiger partial charge in [-0.2, -0.15) is 0 Å². The van der Waals surface area contributed by atoms with E-state index in [1.165, 1.54) is 0 Å². The molecule has 0 saturated heterocycles. The van der Waals surface area contributed by atoms with Gasteiger partial charge in [-0.15, -0.1) is 0 Å². The fourth-order valence-electron chi connectivity index (χ4n) is 2.36. The van der Waals surface area contributed by atoms with Crippen LogP contribution in [0.3, 0.4) is 0 Å². The summed E-state index contributed by atoms with van der Waals surface area (Å²) in [6.45, 7) is 0.745. The maximum absolute atomic E-state index is 12.3. The first-order valence-corrected chi connectivity index (χ1v) is 6.30. The zero-order valence-corrected chi connectivity index (χ0v) is 11.0. The molecule has 0 aromatic heterocycles. The number of ether oxygens (including phenoxy) is 1. The van der Waals surface area contributed by atoms with Crippen molar-refractivity contribution in [2.75, 3.05) is 26.0 Å². The summed E-state index contributed by atoms with van der Waals surface area (Å²) in [6, 6.07) is 7.42. The molecule has 4 heteroatoms. The van der Waals surface area contributed by atoms with Crippen molar-refractivity contribution in [3.05, 3.63) is 24.3 Å². The van der Waals surface area contributed by atoms with Crippen LogP contribution in [0.4, 0.5) is 5.69 Å². The van der Waals surface area contributed by atoms with E-state index >= 15 is 0 Å². The molecule has 0 bridgehead atoms. The van der Waals surface area contributed by atoms with E-state index in [1.54, 1.807) is 7.11 Å². The monoisotopic (exact) mass is 248 g/mol. The second kappa shape index (κ2) is 5.40. The van der Waals surface area contributed by atoms with E-state index in [-0.39, 0.29) is 11.3 Å². The van der Waals surface area contributed by atoms with Gasteiger partial charge in [-0.1, -0.05) is 6.42 Å². The molecule has 0 unspecified atom stereocenters. The molecule has 0 aliphatic heterocycles. The SMILES string of the molecule is CNCC1(C(=O)Nc2ccc(OC)cc2)CCC1. The first kappa shape index (κ1) is 12.9. The van der Waals surface area contributed by atoms with Gasteiger partial charge in [0.1, 0.15) is 5.75 Å². The van der Waals surface area contributed by atoms with E-state index in [2.05, 4.69) is 10.6 Å². The third kappa shape index (κ3) is 2.48. The molecule has 0 atom stereocenters. The van der Waals surface area contributed by atoms with Crippen LogP contribution in [-0.2, 0) is 4.79 Å². The van der Waals surface area contributed by atoms with Crippen LogP contribution in [0, 0.1) is 5.41 Å². The van der Waals surface area contributed by atoms with Gasteiger partial charge < -0.3 is 15.4 Å². The molecule has 2 rings (SSSR count). The van der Waals surface area contributed by atoms with Crippen LogP contribution < -0.4 is 15.4 Å². The van der Waals surface area contributed by atoms with E-state index in [0.717, 1.165) is 37.2 Å². The van der Waals surface area contributed by atoms with Crippen LogP contribution in [0.2, 0.25) is 0 Å². The van der Waals surface area contributed by atoms with Crippen molar-refractivity contribution in [1.29, 1.82) is 0 Å². The van der Waals surface area contributed by atoms with Crippen molar-refractivity contribution in [2.24, 2.45) is 5.41 Å². The Labute approximate surface area is 108 Å². The van der Waals surface area contributed by atoms with E-state index in [1.807, 2.05) is 31.3 Å². The number of amides is 1. The number of nitrogens with one attached hydrogen (secondary N) is 2. The second-order valence-electron chi connectivity index (χ2n) is 4.85. The van der Waals surface area contributed by atoms with E-state index in [0.29, 0.717) is 0 Å². The number of anilines is 1. The minimum absolute atomic E-state index is 0.119. The Balaban J connectivity index is 2.01. The molecular formula is C14H20N2O2. The Morgan fingerprint density at radius 2 is 2.00 bits per heavy atom. The minimum atomic E-state index is -0.214.